The topological polar surface area (TPSA) is 89.9 Å². The van der Waals surface area contributed by atoms with E-state index in [-0.39, 0.29) is 23.3 Å². The van der Waals surface area contributed by atoms with Crippen molar-refractivity contribution in [3.63, 3.8) is 0 Å². The van der Waals surface area contributed by atoms with Crippen LogP contribution < -0.4 is 15.5 Å². The second kappa shape index (κ2) is 10.2. The van der Waals surface area contributed by atoms with E-state index >= 15 is 0 Å². The van der Waals surface area contributed by atoms with Crippen molar-refractivity contribution in [3.8, 4) is 5.75 Å². The van der Waals surface area contributed by atoms with Crippen molar-refractivity contribution in [2.24, 2.45) is 0 Å². The van der Waals surface area contributed by atoms with E-state index in [2.05, 4.69) is 10.2 Å². The van der Waals surface area contributed by atoms with E-state index in [1.54, 1.807) is 18.3 Å². The van der Waals surface area contributed by atoms with Crippen LogP contribution in [0.5, 0.6) is 5.75 Å². The summed E-state index contributed by atoms with van der Waals surface area (Å²) < 4.78 is 14.1. The largest absolute Gasteiger partial charge is 0.483 e. The first kappa shape index (κ1) is 25.1. The number of halogens is 1. The van der Waals surface area contributed by atoms with E-state index in [1.165, 1.54) is 0 Å². The summed E-state index contributed by atoms with van der Waals surface area (Å²) >= 11 is 5.97. The number of amides is 1. The first-order valence-corrected chi connectivity index (χ1v) is 13.5. The third-order valence-electron chi connectivity index (χ3n) is 7.82. The number of ether oxygens (including phenoxy) is 2. The number of carbonyl (C=O) groups is 2. The summed E-state index contributed by atoms with van der Waals surface area (Å²) in [5.41, 5.74) is 1.81. The van der Waals surface area contributed by atoms with Gasteiger partial charge in [-0.1, -0.05) is 23.7 Å². The molecule has 0 atom stereocenters. The van der Waals surface area contributed by atoms with E-state index in [0.29, 0.717) is 73.7 Å². The fourth-order valence-corrected chi connectivity index (χ4v) is 5.86. The molecular weight excluding hydrogens is 506 g/mol. The number of carbonyl (C=O) groups excluding carboxylic acids is 2. The van der Waals surface area contributed by atoms with Crippen molar-refractivity contribution in [1.82, 2.24) is 14.8 Å². The molecule has 3 aromatic rings. The molecule has 1 aliphatic carbocycles. The third-order valence-corrected chi connectivity index (χ3v) is 8.07. The van der Waals surface area contributed by atoms with Gasteiger partial charge in [0.1, 0.15) is 22.7 Å². The van der Waals surface area contributed by atoms with Crippen LogP contribution in [-0.2, 0) is 29.2 Å². The Bertz CT molecular complexity index is 1450. The molecule has 1 aromatic heterocycles. The maximum absolute atomic E-state index is 13.7. The van der Waals surface area contributed by atoms with Gasteiger partial charge in [-0.15, -0.1) is 0 Å². The van der Waals surface area contributed by atoms with Gasteiger partial charge in [0.05, 0.1) is 30.7 Å². The van der Waals surface area contributed by atoms with Crippen LogP contribution in [0.25, 0.3) is 10.9 Å². The Morgan fingerprint density at radius 3 is 2.50 bits per heavy atom. The number of hydrogen-bond acceptors (Lipinski definition) is 6. The van der Waals surface area contributed by atoms with Crippen molar-refractivity contribution in [2.75, 3.05) is 26.3 Å². The average molecular weight is 536 g/mol. The quantitative estimate of drug-likeness (QED) is 0.536. The summed E-state index contributed by atoms with van der Waals surface area (Å²) in [6, 6.07) is 11.1. The highest BCUT2D eigenvalue weighted by atomic mass is 35.5. The highest BCUT2D eigenvalue weighted by Gasteiger charge is 2.41. The fraction of sp³-hybridized carbons (Fsp3) is 0.414. The maximum Gasteiger partial charge on any atom is 0.257 e. The van der Waals surface area contributed by atoms with Gasteiger partial charge in [0.15, 0.2) is 0 Å². The molecule has 0 radical (unpaired) electrons. The normalized spacial score (nSPS) is 18.9. The molecule has 1 amide bonds. The molecule has 198 valence electrons. The minimum atomic E-state index is -0.530. The Morgan fingerprint density at radius 2 is 1.76 bits per heavy atom. The highest BCUT2D eigenvalue weighted by Crippen LogP contribution is 2.41. The second-order valence-corrected chi connectivity index (χ2v) is 10.9. The minimum absolute atomic E-state index is 0.102. The van der Waals surface area contributed by atoms with Gasteiger partial charge in [-0.2, -0.15) is 0 Å². The Labute approximate surface area is 225 Å². The van der Waals surface area contributed by atoms with Crippen LogP contribution in [0.3, 0.4) is 0 Å². The number of nitrogens with zero attached hydrogens (tertiary/aromatic N) is 2. The molecule has 0 unspecified atom stereocenters. The number of hydrogen-bond donors (Lipinski definition) is 1. The molecule has 9 heteroatoms. The fourth-order valence-electron chi connectivity index (χ4n) is 5.73. The van der Waals surface area contributed by atoms with Crippen LogP contribution in [0.15, 0.2) is 47.4 Å². The monoisotopic (exact) mass is 535 g/mol. The maximum atomic E-state index is 13.7. The lowest BCUT2D eigenvalue weighted by molar-refractivity contribution is -0.125. The molecule has 1 N–H and O–H groups in total. The zero-order chi connectivity index (χ0) is 26.3. The van der Waals surface area contributed by atoms with Crippen molar-refractivity contribution in [1.29, 1.82) is 0 Å². The molecule has 1 saturated heterocycles. The van der Waals surface area contributed by atoms with E-state index in [0.717, 1.165) is 24.2 Å². The van der Waals surface area contributed by atoms with Crippen LogP contribution in [-0.4, -0.2) is 53.1 Å². The van der Waals surface area contributed by atoms with Gasteiger partial charge < -0.3 is 19.4 Å². The van der Waals surface area contributed by atoms with Crippen molar-refractivity contribution < 1.29 is 19.1 Å². The minimum Gasteiger partial charge on any atom is -0.483 e. The predicted molar refractivity (Wildman–Crippen MR) is 144 cm³/mol. The van der Waals surface area contributed by atoms with Crippen LogP contribution >= 0.6 is 11.6 Å². The number of aromatic nitrogens is 1. The molecule has 2 aromatic carbocycles. The van der Waals surface area contributed by atoms with Crippen LogP contribution in [0.2, 0.25) is 5.02 Å². The molecule has 3 heterocycles. The zero-order valence-electron chi connectivity index (χ0n) is 21.1. The Kier molecular flexibility index (Phi) is 6.72. The van der Waals surface area contributed by atoms with E-state index < -0.39 is 11.5 Å². The Morgan fingerprint density at radius 1 is 1.03 bits per heavy atom. The smallest absolute Gasteiger partial charge is 0.257 e. The number of Topliss-reactive ketones (excluding diaryl/α,β-unsaturated/α-hetero) is 1. The Balaban J connectivity index is 1.38. The van der Waals surface area contributed by atoms with Crippen molar-refractivity contribution >= 4 is 34.2 Å². The summed E-state index contributed by atoms with van der Waals surface area (Å²) in [7, 11) is 0. The van der Waals surface area contributed by atoms with Crippen LogP contribution in [0, 0.1) is 0 Å². The van der Waals surface area contributed by atoms with Gasteiger partial charge in [-0.25, -0.2) is 0 Å². The van der Waals surface area contributed by atoms with Gasteiger partial charge in [-0.05, 0) is 48.2 Å². The molecule has 3 aliphatic rings. The van der Waals surface area contributed by atoms with Gasteiger partial charge in [0, 0.05) is 50.2 Å². The lowest BCUT2D eigenvalue weighted by Crippen LogP contribution is -2.47. The lowest BCUT2D eigenvalue weighted by Gasteiger charge is -2.42. The van der Waals surface area contributed by atoms with E-state index in [9.17, 15) is 14.4 Å². The summed E-state index contributed by atoms with van der Waals surface area (Å²) in [5, 5.41) is 3.99. The summed E-state index contributed by atoms with van der Waals surface area (Å²) in [4.78, 5) is 41.3. The molecule has 38 heavy (non-hydrogen) atoms. The predicted octanol–water partition coefficient (Wildman–Crippen LogP) is 3.69. The third kappa shape index (κ3) is 4.96. The Hall–Kier alpha value is -3.20. The average Bonchev–Trinajstić information content (AvgIpc) is 2.92. The number of ketones is 1. The molecular formula is C29H30ClN3O5. The summed E-state index contributed by atoms with van der Waals surface area (Å²) in [6.45, 7) is 4.43. The van der Waals surface area contributed by atoms with E-state index in [1.807, 2.05) is 28.8 Å². The van der Waals surface area contributed by atoms with Crippen molar-refractivity contribution in [2.45, 2.75) is 50.9 Å². The molecule has 1 spiro atoms. The lowest BCUT2D eigenvalue weighted by atomic mass is 9.82. The zero-order valence-corrected chi connectivity index (χ0v) is 21.9. The molecule has 8 nitrogen and oxygen atoms in total. The number of morpholine rings is 1. The van der Waals surface area contributed by atoms with Crippen LogP contribution in [0.4, 0.5) is 0 Å². The highest BCUT2D eigenvalue weighted by molar-refractivity contribution is 6.30. The van der Waals surface area contributed by atoms with E-state index in [4.69, 9.17) is 21.1 Å². The summed E-state index contributed by atoms with van der Waals surface area (Å²) in [6.07, 6.45) is 3.84. The van der Waals surface area contributed by atoms with Gasteiger partial charge in [-0.3, -0.25) is 19.3 Å². The number of nitrogens with one attached hydrogen (secondary N) is 1. The second-order valence-electron chi connectivity index (χ2n) is 10.5. The summed E-state index contributed by atoms with van der Waals surface area (Å²) in [5.74, 6) is 0.477. The first-order valence-electron chi connectivity index (χ1n) is 13.1. The van der Waals surface area contributed by atoms with Gasteiger partial charge >= 0.3 is 0 Å². The number of rotatable bonds is 5. The molecule has 2 aliphatic heterocycles. The molecule has 1 saturated carbocycles. The number of pyridine rings is 1. The van der Waals surface area contributed by atoms with Crippen LogP contribution in [0.1, 0.15) is 47.2 Å². The number of benzene rings is 2. The van der Waals surface area contributed by atoms with Crippen molar-refractivity contribution in [3.05, 3.63) is 74.5 Å². The molecule has 0 bridgehead atoms. The van der Waals surface area contributed by atoms with Gasteiger partial charge in [0.25, 0.3) is 5.91 Å². The standard InChI is InChI=1S/C29H30ClN3O5/c30-21-3-1-19(2-4-21)15-31-28(36)24-17-33-18-29(7-5-22(34)6-8-29)38-25-14-20(13-23(26(25)33)27(24)35)16-32-9-11-37-12-10-32/h1-4,13-14,17H,5-12,15-16,18H2,(H,31,36). The SMILES string of the molecule is O=C1CCC2(CC1)Cn1cc(C(=O)NCc3ccc(Cl)cc3)c(=O)c3cc(CN4CCOCC4)cc(c31)O2. The first-order chi connectivity index (χ1) is 18.4. The molecule has 6 rings (SSSR count). The van der Waals surface area contributed by atoms with Gasteiger partial charge in [0.2, 0.25) is 5.43 Å². The molecule has 2 fully saturated rings.